The van der Waals surface area contributed by atoms with Gasteiger partial charge < -0.3 is 14.1 Å². The van der Waals surface area contributed by atoms with E-state index in [1.807, 2.05) is 28.8 Å². The van der Waals surface area contributed by atoms with Crippen molar-refractivity contribution in [2.24, 2.45) is 0 Å². The van der Waals surface area contributed by atoms with Crippen LogP contribution in [0.5, 0.6) is 0 Å². The van der Waals surface area contributed by atoms with E-state index in [9.17, 15) is 14.0 Å². The second kappa shape index (κ2) is 7.99. The third-order valence-electron chi connectivity index (χ3n) is 4.39. The molecule has 1 heterocycles. The van der Waals surface area contributed by atoms with Gasteiger partial charge in [-0.1, -0.05) is 12.1 Å². The number of esters is 1. The van der Waals surface area contributed by atoms with Crippen molar-refractivity contribution in [2.45, 2.75) is 19.8 Å². The molecule has 0 N–H and O–H groups in total. The van der Waals surface area contributed by atoms with Crippen LogP contribution in [0, 0.1) is 5.82 Å². The van der Waals surface area contributed by atoms with Crippen LogP contribution in [0.4, 0.5) is 4.39 Å². The van der Waals surface area contributed by atoms with Gasteiger partial charge in [0.1, 0.15) is 11.6 Å². The Bertz CT molecular complexity index is 973. The average molecular weight is 365 g/mol. The highest BCUT2D eigenvalue weighted by atomic mass is 19.1. The van der Waals surface area contributed by atoms with Crippen LogP contribution in [0.1, 0.15) is 29.4 Å². The Kier molecular flexibility index (Phi) is 5.50. The molecule has 3 rings (SSSR count). The lowest BCUT2D eigenvalue weighted by atomic mass is 10.1. The monoisotopic (exact) mass is 365 g/mol. The first-order valence-electron chi connectivity index (χ1n) is 8.65. The smallest absolute Gasteiger partial charge is 0.339 e. The van der Waals surface area contributed by atoms with Gasteiger partial charge in [-0.3, -0.25) is 0 Å². The topological polar surface area (TPSA) is 48.3 Å². The summed E-state index contributed by atoms with van der Waals surface area (Å²) in [6, 6.07) is 17.2. The summed E-state index contributed by atoms with van der Waals surface area (Å²) in [5, 5.41) is 0. The summed E-state index contributed by atoms with van der Waals surface area (Å²) >= 11 is 0. The van der Waals surface area contributed by atoms with Gasteiger partial charge in [-0.15, -0.1) is 0 Å². The van der Waals surface area contributed by atoms with Crippen LogP contribution in [0.2, 0.25) is 0 Å². The van der Waals surface area contributed by atoms with Crippen molar-refractivity contribution >= 4 is 11.8 Å². The van der Waals surface area contributed by atoms with Gasteiger partial charge in [-0.05, 0) is 67.4 Å². The van der Waals surface area contributed by atoms with E-state index < -0.39 is 5.97 Å². The maximum absolute atomic E-state index is 13.4. The molecule has 0 fully saturated rings. The molecule has 1 aromatic heterocycles. The van der Waals surface area contributed by atoms with Crippen LogP contribution >= 0.6 is 0 Å². The molecular formula is C22H20FNO3. The van der Waals surface area contributed by atoms with Gasteiger partial charge in [0.15, 0.2) is 0 Å². The zero-order chi connectivity index (χ0) is 19.4. The zero-order valence-electron chi connectivity index (χ0n) is 15.2. The Morgan fingerprint density at radius 2 is 1.70 bits per heavy atom. The molecule has 0 bridgehead atoms. The molecule has 0 saturated carbocycles. The Morgan fingerprint density at radius 1 is 1.00 bits per heavy atom. The van der Waals surface area contributed by atoms with Gasteiger partial charge in [0.25, 0.3) is 0 Å². The van der Waals surface area contributed by atoms with Crippen molar-refractivity contribution in [3.8, 4) is 16.9 Å². The van der Waals surface area contributed by atoms with Gasteiger partial charge in [-0.2, -0.15) is 0 Å². The summed E-state index contributed by atoms with van der Waals surface area (Å²) in [7, 11) is 1.34. The van der Waals surface area contributed by atoms with Crippen LogP contribution in [-0.4, -0.2) is 23.4 Å². The molecule has 5 heteroatoms. The number of Topliss-reactive ketones (excluding diaryl/α,β-unsaturated/α-hetero) is 1. The number of aromatic nitrogens is 1. The van der Waals surface area contributed by atoms with Gasteiger partial charge in [0.2, 0.25) is 0 Å². The average Bonchev–Trinajstić information content (AvgIpc) is 3.10. The molecule has 0 aliphatic rings. The number of carbonyl (C=O) groups excluding carboxylic acids is 2. The van der Waals surface area contributed by atoms with Crippen LogP contribution in [0.25, 0.3) is 16.9 Å². The summed E-state index contributed by atoms with van der Waals surface area (Å²) in [5.41, 5.74) is 3.59. The lowest BCUT2D eigenvalue weighted by molar-refractivity contribution is -0.117. The highest BCUT2D eigenvalue weighted by Gasteiger charge is 2.18. The van der Waals surface area contributed by atoms with Crippen molar-refractivity contribution in [3.05, 3.63) is 77.7 Å². The largest absolute Gasteiger partial charge is 0.465 e. The van der Waals surface area contributed by atoms with Crippen LogP contribution in [0.15, 0.2) is 60.7 Å². The van der Waals surface area contributed by atoms with Crippen molar-refractivity contribution < 1.29 is 18.7 Å². The first-order valence-corrected chi connectivity index (χ1v) is 8.65. The molecule has 3 aromatic rings. The normalized spacial score (nSPS) is 10.6. The first-order chi connectivity index (χ1) is 13.0. The summed E-state index contributed by atoms with van der Waals surface area (Å²) < 4.78 is 20.2. The number of carbonyl (C=O) groups is 2. The lowest BCUT2D eigenvalue weighted by Crippen LogP contribution is -2.11. The number of hydrogen-bond donors (Lipinski definition) is 0. The number of benzene rings is 2. The van der Waals surface area contributed by atoms with Crippen molar-refractivity contribution in [2.75, 3.05) is 7.11 Å². The predicted molar refractivity (Wildman–Crippen MR) is 102 cm³/mol. The van der Waals surface area contributed by atoms with Gasteiger partial charge in [0.05, 0.1) is 24.1 Å². The molecular weight excluding hydrogens is 345 g/mol. The molecule has 0 amide bonds. The van der Waals surface area contributed by atoms with Crippen molar-refractivity contribution in [1.82, 2.24) is 4.57 Å². The Balaban J connectivity index is 2.20. The summed E-state index contributed by atoms with van der Waals surface area (Å²) in [4.78, 5) is 23.7. The number of nitrogens with zero attached hydrogens (tertiary/aromatic N) is 1. The molecule has 0 radical (unpaired) electrons. The minimum Gasteiger partial charge on any atom is -0.465 e. The number of hydrogen-bond acceptors (Lipinski definition) is 3. The molecule has 0 unspecified atom stereocenters. The predicted octanol–water partition coefficient (Wildman–Crippen LogP) is 4.59. The van der Waals surface area contributed by atoms with E-state index in [0.717, 1.165) is 17.0 Å². The number of ether oxygens (including phenoxy) is 1. The number of ketones is 1. The van der Waals surface area contributed by atoms with E-state index in [2.05, 4.69) is 0 Å². The van der Waals surface area contributed by atoms with Crippen LogP contribution in [0.3, 0.4) is 0 Å². The first kappa shape index (κ1) is 18.6. The molecule has 4 nitrogen and oxygen atoms in total. The van der Waals surface area contributed by atoms with E-state index in [0.29, 0.717) is 24.1 Å². The Labute approximate surface area is 157 Å². The molecule has 0 saturated heterocycles. The quantitative estimate of drug-likeness (QED) is 0.600. The Hall–Kier alpha value is -3.21. The third kappa shape index (κ3) is 3.97. The molecule has 0 atom stereocenters. The minimum absolute atomic E-state index is 0.0901. The van der Waals surface area contributed by atoms with E-state index in [1.54, 1.807) is 31.2 Å². The second-order valence-corrected chi connectivity index (χ2v) is 6.26. The Morgan fingerprint density at radius 3 is 2.37 bits per heavy atom. The highest BCUT2D eigenvalue weighted by molar-refractivity contribution is 5.94. The third-order valence-corrected chi connectivity index (χ3v) is 4.39. The highest BCUT2D eigenvalue weighted by Crippen LogP contribution is 2.29. The summed E-state index contributed by atoms with van der Waals surface area (Å²) in [6.45, 7) is 1.55. The van der Waals surface area contributed by atoms with E-state index >= 15 is 0 Å². The fraction of sp³-hybridized carbons (Fsp3) is 0.182. The summed E-state index contributed by atoms with van der Waals surface area (Å²) in [5.74, 6) is -0.669. The van der Waals surface area contributed by atoms with Gasteiger partial charge >= 0.3 is 5.97 Å². The van der Waals surface area contributed by atoms with E-state index in [1.165, 1.54) is 19.2 Å². The second-order valence-electron chi connectivity index (χ2n) is 6.26. The SMILES string of the molecule is COC(=O)c1ccccc1-n1c(CCC(C)=O)ccc1-c1ccc(F)cc1. The fourth-order valence-corrected chi connectivity index (χ4v) is 3.06. The lowest BCUT2D eigenvalue weighted by Gasteiger charge is -2.17. The fourth-order valence-electron chi connectivity index (χ4n) is 3.06. The van der Waals surface area contributed by atoms with Crippen LogP contribution in [-0.2, 0) is 16.0 Å². The summed E-state index contributed by atoms with van der Waals surface area (Å²) in [6.07, 6.45) is 0.930. The zero-order valence-corrected chi connectivity index (χ0v) is 15.2. The molecule has 27 heavy (non-hydrogen) atoms. The van der Waals surface area contributed by atoms with E-state index in [-0.39, 0.29) is 11.6 Å². The standard InChI is InChI=1S/C22H20FNO3/c1-15(25)7-12-18-13-14-20(16-8-10-17(23)11-9-16)24(18)21-6-4-3-5-19(21)22(26)27-2/h3-6,8-11,13-14H,7,12H2,1-2H3. The van der Waals surface area contributed by atoms with Crippen molar-refractivity contribution in [1.29, 1.82) is 0 Å². The van der Waals surface area contributed by atoms with Gasteiger partial charge in [0, 0.05) is 12.1 Å². The number of rotatable bonds is 6. The molecule has 138 valence electrons. The number of para-hydroxylation sites is 1. The molecule has 0 aliphatic carbocycles. The molecule has 2 aromatic carbocycles. The number of halogens is 1. The number of methoxy groups -OCH3 is 1. The van der Waals surface area contributed by atoms with Crippen molar-refractivity contribution in [3.63, 3.8) is 0 Å². The van der Waals surface area contributed by atoms with Crippen LogP contribution < -0.4 is 0 Å². The minimum atomic E-state index is -0.443. The molecule has 0 aliphatic heterocycles. The van der Waals surface area contributed by atoms with E-state index in [4.69, 9.17) is 4.74 Å². The maximum atomic E-state index is 13.4. The number of aryl methyl sites for hydroxylation is 1. The molecule has 0 spiro atoms. The van der Waals surface area contributed by atoms with Gasteiger partial charge in [-0.25, -0.2) is 9.18 Å². The maximum Gasteiger partial charge on any atom is 0.339 e.